The minimum atomic E-state index is 0.560. The van der Waals surface area contributed by atoms with Crippen LogP contribution >= 0.6 is 0 Å². The number of aromatic nitrogens is 4. The fraction of sp³-hybridized carbons (Fsp3) is 0.643. The molecule has 2 unspecified atom stereocenters. The maximum Gasteiger partial charge on any atom is 0.227 e. The van der Waals surface area contributed by atoms with Crippen LogP contribution in [-0.4, -0.2) is 33.0 Å². The molecule has 0 spiro atoms. The molecule has 0 saturated carbocycles. The highest BCUT2D eigenvalue weighted by Crippen LogP contribution is 2.23. The lowest BCUT2D eigenvalue weighted by Gasteiger charge is -2.27. The van der Waals surface area contributed by atoms with Gasteiger partial charge in [0.15, 0.2) is 0 Å². The molecule has 1 aliphatic heterocycles. The van der Waals surface area contributed by atoms with E-state index in [0.29, 0.717) is 17.7 Å². The Morgan fingerprint density at radius 1 is 1.55 bits per heavy atom. The number of aryl methyl sites for hydroxylation is 1. The second-order valence-corrected chi connectivity index (χ2v) is 5.70. The molecule has 0 aliphatic carbocycles. The van der Waals surface area contributed by atoms with Gasteiger partial charge in [0.2, 0.25) is 11.7 Å². The molecule has 3 heterocycles. The van der Waals surface area contributed by atoms with Crippen molar-refractivity contribution >= 4 is 0 Å². The van der Waals surface area contributed by atoms with E-state index < -0.39 is 0 Å². The van der Waals surface area contributed by atoms with E-state index in [9.17, 15) is 0 Å². The van der Waals surface area contributed by atoms with E-state index in [4.69, 9.17) is 4.52 Å². The lowest BCUT2D eigenvalue weighted by atomic mass is 9.85. The van der Waals surface area contributed by atoms with E-state index in [1.165, 1.54) is 12.8 Å². The van der Waals surface area contributed by atoms with Gasteiger partial charge < -0.3 is 9.84 Å². The molecule has 20 heavy (non-hydrogen) atoms. The third kappa shape index (κ3) is 2.90. The zero-order valence-corrected chi connectivity index (χ0v) is 12.0. The van der Waals surface area contributed by atoms with Crippen LogP contribution < -0.4 is 5.32 Å². The second kappa shape index (κ2) is 5.75. The fourth-order valence-electron chi connectivity index (χ4n) is 2.80. The summed E-state index contributed by atoms with van der Waals surface area (Å²) in [6.45, 7) is 4.52. The first-order chi connectivity index (χ1) is 9.72. The van der Waals surface area contributed by atoms with E-state index >= 15 is 0 Å². The van der Waals surface area contributed by atoms with Crippen molar-refractivity contribution in [2.24, 2.45) is 18.9 Å². The van der Waals surface area contributed by atoms with Crippen molar-refractivity contribution in [2.45, 2.75) is 26.2 Å². The summed E-state index contributed by atoms with van der Waals surface area (Å²) in [6, 6.07) is 0. The van der Waals surface area contributed by atoms with Gasteiger partial charge in [0.05, 0.1) is 11.8 Å². The molecule has 1 fully saturated rings. The molecule has 0 radical (unpaired) electrons. The van der Waals surface area contributed by atoms with Crippen LogP contribution in [0.5, 0.6) is 0 Å². The molecule has 1 saturated heterocycles. The topological polar surface area (TPSA) is 68.8 Å². The lowest BCUT2D eigenvalue weighted by Crippen LogP contribution is -2.33. The number of nitrogens with one attached hydrogen (secondary N) is 1. The Morgan fingerprint density at radius 2 is 2.45 bits per heavy atom. The van der Waals surface area contributed by atoms with Gasteiger partial charge in [-0.25, -0.2) is 0 Å². The van der Waals surface area contributed by atoms with Gasteiger partial charge in [-0.1, -0.05) is 12.1 Å². The first kappa shape index (κ1) is 13.3. The molecule has 2 aromatic heterocycles. The van der Waals surface area contributed by atoms with E-state index in [1.54, 1.807) is 10.9 Å². The summed E-state index contributed by atoms with van der Waals surface area (Å²) in [7, 11) is 1.88. The third-order valence-corrected chi connectivity index (χ3v) is 4.07. The van der Waals surface area contributed by atoms with E-state index in [-0.39, 0.29) is 0 Å². The van der Waals surface area contributed by atoms with Crippen LogP contribution in [0.15, 0.2) is 16.9 Å². The van der Waals surface area contributed by atoms with E-state index in [1.807, 2.05) is 13.2 Å². The van der Waals surface area contributed by atoms with Gasteiger partial charge in [0.1, 0.15) is 0 Å². The van der Waals surface area contributed by atoms with E-state index in [2.05, 4.69) is 27.5 Å². The van der Waals surface area contributed by atoms with Gasteiger partial charge in [-0.05, 0) is 37.8 Å². The highest BCUT2D eigenvalue weighted by atomic mass is 16.5. The third-order valence-electron chi connectivity index (χ3n) is 4.07. The van der Waals surface area contributed by atoms with Crippen molar-refractivity contribution in [3.63, 3.8) is 0 Å². The van der Waals surface area contributed by atoms with Crippen LogP contribution in [-0.2, 0) is 13.5 Å². The van der Waals surface area contributed by atoms with Crippen LogP contribution in [0.4, 0.5) is 0 Å². The SMILES string of the molecule is CC(Cc1nc(-c2cnn(C)c2)no1)C1CCCNC1. The largest absolute Gasteiger partial charge is 0.339 e. The summed E-state index contributed by atoms with van der Waals surface area (Å²) >= 11 is 0. The minimum absolute atomic E-state index is 0.560. The number of nitrogens with zero attached hydrogens (tertiary/aromatic N) is 4. The van der Waals surface area contributed by atoms with Gasteiger partial charge in [-0.2, -0.15) is 10.1 Å². The van der Waals surface area contributed by atoms with Crippen LogP contribution in [0.25, 0.3) is 11.4 Å². The van der Waals surface area contributed by atoms with Gasteiger partial charge in [-0.3, -0.25) is 4.68 Å². The molecule has 6 heteroatoms. The predicted octanol–water partition coefficient (Wildman–Crippen LogP) is 1.65. The quantitative estimate of drug-likeness (QED) is 0.918. The molecule has 6 nitrogen and oxygen atoms in total. The van der Waals surface area contributed by atoms with Crippen molar-refractivity contribution in [1.29, 1.82) is 0 Å². The Hall–Kier alpha value is -1.69. The molecule has 1 N–H and O–H groups in total. The van der Waals surface area contributed by atoms with Crippen molar-refractivity contribution in [3.8, 4) is 11.4 Å². The smallest absolute Gasteiger partial charge is 0.227 e. The van der Waals surface area contributed by atoms with Crippen LogP contribution in [0.2, 0.25) is 0 Å². The second-order valence-electron chi connectivity index (χ2n) is 5.70. The lowest BCUT2D eigenvalue weighted by molar-refractivity contribution is 0.257. The van der Waals surface area contributed by atoms with Crippen molar-refractivity contribution in [3.05, 3.63) is 18.3 Å². The van der Waals surface area contributed by atoms with Crippen molar-refractivity contribution < 1.29 is 4.52 Å². The summed E-state index contributed by atoms with van der Waals surface area (Å²) < 4.78 is 7.11. The standard InChI is InChI=1S/C14H21N5O/c1-10(11-4-3-5-15-7-11)6-13-17-14(18-20-13)12-8-16-19(2)9-12/h8-11,15H,3-7H2,1-2H3. The summed E-state index contributed by atoms with van der Waals surface area (Å²) in [6.07, 6.45) is 7.05. The molecule has 0 aromatic carbocycles. The maximum atomic E-state index is 5.37. The summed E-state index contributed by atoms with van der Waals surface area (Å²) in [5, 5.41) is 11.6. The zero-order valence-electron chi connectivity index (χ0n) is 12.0. The Balaban J connectivity index is 1.64. The molecule has 108 valence electrons. The highest BCUT2D eigenvalue weighted by molar-refractivity contribution is 5.50. The minimum Gasteiger partial charge on any atom is -0.339 e. The summed E-state index contributed by atoms with van der Waals surface area (Å²) in [5.74, 6) is 2.62. The first-order valence-electron chi connectivity index (χ1n) is 7.24. The van der Waals surface area contributed by atoms with Crippen LogP contribution in [0.3, 0.4) is 0 Å². The Morgan fingerprint density at radius 3 is 3.15 bits per heavy atom. The molecular formula is C14H21N5O. The first-order valence-corrected chi connectivity index (χ1v) is 7.24. The number of hydrogen-bond donors (Lipinski definition) is 1. The maximum absolute atomic E-state index is 5.37. The van der Waals surface area contributed by atoms with Crippen molar-refractivity contribution in [1.82, 2.24) is 25.2 Å². The molecule has 0 amide bonds. The molecule has 0 bridgehead atoms. The van der Waals surface area contributed by atoms with Gasteiger partial charge >= 0.3 is 0 Å². The molecular weight excluding hydrogens is 254 g/mol. The average molecular weight is 275 g/mol. The van der Waals surface area contributed by atoms with Crippen molar-refractivity contribution in [2.75, 3.05) is 13.1 Å². The van der Waals surface area contributed by atoms with E-state index in [0.717, 1.165) is 31.0 Å². The fourth-order valence-corrected chi connectivity index (χ4v) is 2.80. The van der Waals surface area contributed by atoms with Crippen LogP contribution in [0.1, 0.15) is 25.7 Å². The molecule has 1 aliphatic rings. The normalized spacial score (nSPS) is 21.0. The summed E-state index contributed by atoms with van der Waals surface area (Å²) in [4.78, 5) is 4.48. The predicted molar refractivity (Wildman–Crippen MR) is 75.0 cm³/mol. The average Bonchev–Trinajstić information content (AvgIpc) is 3.09. The molecule has 3 rings (SSSR count). The Kier molecular flexibility index (Phi) is 3.82. The Bertz CT molecular complexity index is 555. The zero-order chi connectivity index (χ0) is 13.9. The Labute approximate surface area is 118 Å². The number of rotatable bonds is 4. The molecule has 2 aromatic rings. The van der Waals surface area contributed by atoms with Crippen LogP contribution in [0, 0.1) is 11.8 Å². The van der Waals surface area contributed by atoms with Gasteiger partial charge in [0.25, 0.3) is 0 Å². The van der Waals surface area contributed by atoms with Gasteiger partial charge in [-0.15, -0.1) is 0 Å². The van der Waals surface area contributed by atoms with Gasteiger partial charge in [0, 0.05) is 19.7 Å². The number of piperidine rings is 1. The number of hydrogen-bond acceptors (Lipinski definition) is 5. The highest BCUT2D eigenvalue weighted by Gasteiger charge is 2.22. The molecule has 2 atom stereocenters. The monoisotopic (exact) mass is 275 g/mol. The summed E-state index contributed by atoms with van der Waals surface area (Å²) in [5.41, 5.74) is 0.898.